The molecule has 2 heterocycles. The summed E-state index contributed by atoms with van der Waals surface area (Å²) in [4.78, 5) is 27.4. The van der Waals surface area contributed by atoms with Crippen molar-refractivity contribution in [2.24, 2.45) is 5.41 Å². The molecule has 2 saturated heterocycles. The summed E-state index contributed by atoms with van der Waals surface area (Å²) < 4.78 is 0. The quantitative estimate of drug-likeness (QED) is 0.828. The highest BCUT2D eigenvalue weighted by molar-refractivity contribution is 5.77. The molecule has 6 nitrogen and oxygen atoms in total. The van der Waals surface area contributed by atoms with E-state index in [2.05, 4.69) is 0 Å². The Balaban J connectivity index is 1.93. The van der Waals surface area contributed by atoms with Gasteiger partial charge in [-0.25, -0.2) is 4.79 Å². The molecular formula is C15H26N2O4. The Kier molecular flexibility index (Phi) is 5.08. The lowest BCUT2D eigenvalue weighted by Gasteiger charge is -2.41. The van der Waals surface area contributed by atoms with Gasteiger partial charge in [-0.1, -0.05) is 13.3 Å². The first-order valence-electron chi connectivity index (χ1n) is 7.94. The van der Waals surface area contributed by atoms with Crippen molar-refractivity contribution < 1.29 is 19.8 Å². The van der Waals surface area contributed by atoms with E-state index >= 15 is 0 Å². The third-order valence-electron chi connectivity index (χ3n) is 4.84. The van der Waals surface area contributed by atoms with Crippen molar-refractivity contribution in [3.05, 3.63) is 0 Å². The van der Waals surface area contributed by atoms with E-state index in [0.717, 1.165) is 19.3 Å². The van der Waals surface area contributed by atoms with Crippen molar-refractivity contribution in [3.8, 4) is 0 Å². The molecule has 2 aliphatic rings. The first-order chi connectivity index (χ1) is 9.98. The molecule has 120 valence electrons. The lowest BCUT2D eigenvalue weighted by molar-refractivity contribution is -0.152. The van der Waals surface area contributed by atoms with Crippen molar-refractivity contribution in [2.45, 2.75) is 51.6 Å². The zero-order valence-electron chi connectivity index (χ0n) is 12.8. The molecule has 1 atom stereocenters. The number of nitrogens with zero attached hydrogens (tertiary/aromatic N) is 2. The number of carboxylic acid groups (broad SMARTS) is 1. The first kappa shape index (κ1) is 16.1. The van der Waals surface area contributed by atoms with E-state index in [4.69, 9.17) is 0 Å². The van der Waals surface area contributed by atoms with Gasteiger partial charge in [-0.05, 0) is 32.1 Å². The Hall–Kier alpha value is -1.30. The largest absolute Gasteiger partial charge is 0.481 e. The van der Waals surface area contributed by atoms with Gasteiger partial charge in [0.05, 0.1) is 11.5 Å². The topological polar surface area (TPSA) is 81.1 Å². The number of aliphatic carboxylic acids is 1. The van der Waals surface area contributed by atoms with Gasteiger partial charge in [-0.15, -0.1) is 0 Å². The van der Waals surface area contributed by atoms with Gasteiger partial charge in [0.15, 0.2) is 0 Å². The van der Waals surface area contributed by atoms with E-state index < -0.39 is 17.5 Å². The van der Waals surface area contributed by atoms with Crippen LogP contribution in [0.5, 0.6) is 0 Å². The molecule has 0 aromatic rings. The summed E-state index contributed by atoms with van der Waals surface area (Å²) in [7, 11) is 0. The van der Waals surface area contributed by atoms with Crippen molar-refractivity contribution in [2.75, 3.05) is 26.2 Å². The molecule has 0 radical (unpaired) electrons. The van der Waals surface area contributed by atoms with E-state index in [1.54, 1.807) is 9.80 Å². The monoisotopic (exact) mass is 298 g/mol. The van der Waals surface area contributed by atoms with Gasteiger partial charge >= 0.3 is 12.0 Å². The number of likely N-dealkylation sites (tertiary alicyclic amines) is 2. The molecule has 2 N–H and O–H groups in total. The summed E-state index contributed by atoms with van der Waals surface area (Å²) >= 11 is 0. The van der Waals surface area contributed by atoms with Gasteiger partial charge in [0.1, 0.15) is 0 Å². The summed E-state index contributed by atoms with van der Waals surface area (Å²) in [5.41, 5.74) is -0.660. The van der Waals surface area contributed by atoms with Crippen LogP contribution in [0.4, 0.5) is 4.79 Å². The molecule has 0 aliphatic carbocycles. The minimum atomic E-state index is -0.732. The zero-order valence-corrected chi connectivity index (χ0v) is 12.8. The fourth-order valence-electron chi connectivity index (χ4n) is 3.50. The number of aliphatic hydroxyl groups excluding tert-OH is 1. The van der Waals surface area contributed by atoms with Crippen LogP contribution in [0.2, 0.25) is 0 Å². The van der Waals surface area contributed by atoms with Crippen LogP contribution in [0.3, 0.4) is 0 Å². The average molecular weight is 298 g/mol. The lowest BCUT2D eigenvalue weighted by atomic mass is 9.75. The molecule has 21 heavy (non-hydrogen) atoms. The minimum Gasteiger partial charge on any atom is -0.481 e. The van der Waals surface area contributed by atoms with E-state index in [-0.39, 0.29) is 6.03 Å². The fourth-order valence-corrected chi connectivity index (χ4v) is 3.50. The van der Waals surface area contributed by atoms with Crippen LogP contribution < -0.4 is 0 Å². The Bertz CT molecular complexity index is 391. The second kappa shape index (κ2) is 6.64. The molecule has 0 bridgehead atoms. The van der Waals surface area contributed by atoms with Crippen molar-refractivity contribution in [1.82, 2.24) is 9.80 Å². The molecule has 2 aliphatic heterocycles. The number of rotatable bonds is 3. The van der Waals surface area contributed by atoms with E-state index in [1.807, 2.05) is 6.92 Å². The van der Waals surface area contributed by atoms with Gasteiger partial charge in [-0.3, -0.25) is 4.79 Å². The van der Waals surface area contributed by atoms with Crippen molar-refractivity contribution in [1.29, 1.82) is 0 Å². The maximum absolute atomic E-state index is 12.4. The molecule has 6 heteroatoms. The predicted molar refractivity (Wildman–Crippen MR) is 78.0 cm³/mol. The smallest absolute Gasteiger partial charge is 0.320 e. The van der Waals surface area contributed by atoms with Gasteiger partial charge < -0.3 is 20.0 Å². The summed E-state index contributed by atoms with van der Waals surface area (Å²) in [5, 5.41) is 19.1. The van der Waals surface area contributed by atoms with Gasteiger partial charge in [-0.2, -0.15) is 0 Å². The Morgan fingerprint density at radius 2 is 1.86 bits per heavy atom. The van der Waals surface area contributed by atoms with Crippen molar-refractivity contribution in [3.63, 3.8) is 0 Å². The SMILES string of the molecule is CCCC1(C(=O)O)CCN(C(=O)N2CCCC(O)C2)CC1. The second-order valence-corrected chi connectivity index (χ2v) is 6.35. The molecule has 2 amide bonds. The molecule has 1 unspecified atom stereocenters. The molecular weight excluding hydrogens is 272 g/mol. The summed E-state index contributed by atoms with van der Waals surface area (Å²) in [6.07, 6.45) is 3.73. The third-order valence-corrected chi connectivity index (χ3v) is 4.84. The zero-order chi connectivity index (χ0) is 15.5. The minimum absolute atomic E-state index is 0.0516. The number of piperidine rings is 2. The van der Waals surface area contributed by atoms with Gasteiger partial charge in [0, 0.05) is 26.2 Å². The van der Waals surface area contributed by atoms with E-state index in [1.165, 1.54) is 0 Å². The maximum atomic E-state index is 12.4. The highest BCUT2D eigenvalue weighted by Crippen LogP contribution is 2.36. The predicted octanol–water partition coefficient (Wildman–Crippen LogP) is 1.53. The number of hydrogen-bond acceptors (Lipinski definition) is 3. The van der Waals surface area contributed by atoms with Crippen LogP contribution in [0.15, 0.2) is 0 Å². The highest BCUT2D eigenvalue weighted by Gasteiger charge is 2.42. The third kappa shape index (κ3) is 3.48. The number of aliphatic hydroxyl groups is 1. The summed E-state index contributed by atoms with van der Waals surface area (Å²) in [5.74, 6) is -0.732. The molecule has 2 fully saturated rings. The fraction of sp³-hybridized carbons (Fsp3) is 0.867. The van der Waals surface area contributed by atoms with Crippen LogP contribution in [0, 0.1) is 5.41 Å². The first-order valence-corrected chi connectivity index (χ1v) is 7.94. The number of carbonyl (C=O) groups is 2. The van der Waals surface area contributed by atoms with Gasteiger partial charge in [0.2, 0.25) is 0 Å². The van der Waals surface area contributed by atoms with E-state index in [9.17, 15) is 19.8 Å². The van der Waals surface area contributed by atoms with Crippen LogP contribution in [0.25, 0.3) is 0 Å². The molecule has 0 aromatic carbocycles. The summed E-state index contributed by atoms with van der Waals surface area (Å²) in [6, 6.07) is -0.0516. The number of amides is 2. The number of β-amino-alcohol motifs (C(OH)–C–C–N with tert-alkyl or cyclic N) is 1. The molecule has 0 saturated carbocycles. The number of carboxylic acids is 1. The normalized spacial score (nSPS) is 25.7. The summed E-state index contributed by atoms with van der Waals surface area (Å²) in [6.45, 7) is 4.08. The van der Waals surface area contributed by atoms with Crippen molar-refractivity contribution >= 4 is 12.0 Å². The van der Waals surface area contributed by atoms with Crippen LogP contribution >= 0.6 is 0 Å². The number of carbonyl (C=O) groups excluding carboxylic acids is 1. The van der Waals surface area contributed by atoms with Crippen LogP contribution in [-0.4, -0.2) is 64.3 Å². The Morgan fingerprint density at radius 3 is 2.38 bits per heavy atom. The highest BCUT2D eigenvalue weighted by atomic mass is 16.4. The number of hydrogen-bond donors (Lipinski definition) is 2. The number of urea groups is 1. The van der Waals surface area contributed by atoms with Crippen LogP contribution in [-0.2, 0) is 4.79 Å². The maximum Gasteiger partial charge on any atom is 0.320 e. The van der Waals surface area contributed by atoms with E-state index in [0.29, 0.717) is 45.4 Å². The Labute approximate surface area is 125 Å². The molecule has 0 aromatic heterocycles. The average Bonchev–Trinajstić information content (AvgIpc) is 2.47. The Morgan fingerprint density at radius 1 is 1.19 bits per heavy atom. The van der Waals surface area contributed by atoms with Crippen LogP contribution in [0.1, 0.15) is 45.4 Å². The molecule has 0 spiro atoms. The standard InChI is InChI=1S/C15H26N2O4/c1-2-5-15(13(19)20)6-9-16(10-7-15)14(21)17-8-3-4-12(18)11-17/h12,18H,2-11H2,1H3,(H,19,20). The second-order valence-electron chi connectivity index (χ2n) is 6.35. The lowest BCUT2D eigenvalue weighted by Crippen LogP contribution is -2.53. The van der Waals surface area contributed by atoms with Gasteiger partial charge in [0.25, 0.3) is 0 Å². The molecule has 2 rings (SSSR count).